The van der Waals surface area contributed by atoms with E-state index >= 15 is 0 Å². The van der Waals surface area contributed by atoms with E-state index in [2.05, 4.69) is 4.98 Å². The number of nitrogen functional groups attached to an aromatic ring is 1. The van der Waals surface area contributed by atoms with Crippen LogP contribution in [0, 0.1) is 0 Å². The van der Waals surface area contributed by atoms with Crippen LogP contribution in [0.15, 0.2) is 36.5 Å². The molecule has 0 unspecified atom stereocenters. The van der Waals surface area contributed by atoms with Gasteiger partial charge < -0.3 is 15.2 Å². The van der Waals surface area contributed by atoms with Crippen LogP contribution in [0.5, 0.6) is 5.75 Å². The number of benzene rings is 1. The van der Waals surface area contributed by atoms with Gasteiger partial charge in [-0.1, -0.05) is 0 Å². The van der Waals surface area contributed by atoms with E-state index in [1.54, 1.807) is 43.6 Å². The predicted octanol–water partition coefficient (Wildman–Crippen LogP) is 2.13. The van der Waals surface area contributed by atoms with Crippen molar-refractivity contribution in [2.75, 3.05) is 20.0 Å². The number of nitrogens with zero attached hydrogens (tertiary/aromatic N) is 1. The maximum absolute atomic E-state index is 11.7. The lowest BCUT2D eigenvalue weighted by molar-refractivity contribution is 0.0601. The summed E-state index contributed by atoms with van der Waals surface area (Å²) in [6.45, 7) is 0. The molecular weight excluding hydrogens is 244 g/mol. The molecule has 1 heterocycles. The van der Waals surface area contributed by atoms with Gasteiger partial charge in [0.2, 0.25) is 0 Å². The van der Waals surface area contributed by atoms with Crippen LogP contribution < -0.4 is 10.5 Å². The van der Waals surface area contributed by atoms with E-state index < -0.39 is 5.97 Å². The van der Waals surface area contributed by atoms with Crippen LogP contribution in [0.3, 0.4) is 0 Å². The average molecular weight is 258 g/mol. The van der Waals surface area contributed by atoms with Crippen molar-refractivity contribution in [1.82, 2.24) is 4.98 Å². The van der Waals surface area contributed by atoms with E-state index in [-0.39, 0.29) is 0 Å². The Hall–Kier alpha value is -2.56. The largest absolute Gasteiger partial charge is 0.495 e. The molecule has 0 atom stereocenters. The van der Waals surface area contributed by atoms with Gasteiger partial charge in [0.05, 0.1) is 31.2 Å². The molecule has 0 saturated heterocycles. The second kappa shape index (κ2) is 5.39. The van der Waals surface area contributed by atoms with Crippen LogP contribution in [-0.4, -0.2) is 25.2 Å². The fraction of sp³-hybridized carbons (Fsp3) is 0.143. The summed E-state index contributed by atoms with van der Waals surface area (Å²) >= 11 is 0. The van der Waals surface area contributed by atoms with Gasteiger partial charge in [0.1, 0.15) is 5.75 Å². The van der Waals surface area contributed by atoms with Crippen molar-refractivity contribution in [3.63, 3.8) is 0 Å². The van der Waals surface area contributed by atoms with Gasteiger partial charge in [-0.05, 0) is 30.3 Å². The van der Waals surface area contributed by atoms with Gasteiger partial charge in [0, 0.05) is 11.8 Å². The molecule has 0 aliphatic rings. The molecule has 19 heavy (non-hydrogen) atoms. The molecule has 0 amide bonds. The first-order chi connectivity index (χ1) is 9.17. The second-order valence-corrected chi connectivity index (χ2v) is 3.85. The van der Waals surface area contributed by atoms with E-state index in [0.29, 0.717) is 22.7 Å². The molecule has 0 bridgehead atoms. The molecule has 1 aromatic heterocycles. The number of rotatable bonds is 3. The quantitative estimate of drug-likeness (QED) is 0.674. The molecule has 0 fully saturated rings. The van der Waals surface area contributed by atoms with Crippen molar-refractivity contribution >= 4 is 11.7 Å². The number of methoxy groups -OCH3 is 2. The molecule has 0 radical (unpaired) electrons. The topological polar surface area (TPSA) is 74.4 Å². The Kier molecular flexibility index (Phi) is 3.66. The van der Waals surface area contributed by atoms with Crippen molar-refractivity contribution in [2.45, 2.75) is 0 Å². The zero-order valence-corrected chi connectivity index (χ0v) is 10.7. The van der Waals surface area contributed by atoms with Crippen LogP contribution in [0.4, 0.5) is 5.69 Å². The highest BCUT2D eigenvalue weighted by Crippen LogP contribution is 2.29. The van der Waals surface area contributed by atoms with Crippen LogP contribution in [-0.2, 0) is 4.74 Å². The summed E-state index contributed by atoms with van der Waals surface area (Å²) in [6.07, 6.45) is 1.61. The Morgan fingerprint density at radius 2 is 2.05 bits per heavy atom. The van der Waals surface area contributed by atoms with E-state index in [1.807, 2.05) is 0 Å². The van der Waals surface area contributed by atoms with Crippen molar-refractivity contribution < 1.29 is 14.3 Å². The van der Waals surface area contributed by atoms with Gasteiger partial charge in [0.25, 0.3) is 0 Å². The van der Waals surface area contributed by atoms with Gasteiger partial charge in [-0.25, -0.2) is 4.79 Å². The Bertz CT molecular complexity index is 611. The lowest BCUT2D eigenvalue weighted by atomic mass is 10.0. The van der Waals surface area contributed by atoms with E-state index in [4.69, 9.17) is 15.2 Å². The van der Waals surface area contributed by atoms with Gasteiger partial charge in [0.15, 0.2) is 0 Å². The van der Waals surface area contributed by atoms with Gasteiger partial charge in [-0.2, -0.15) is 0 Å². The summed E-state index contributed by atoms with van der Waals surface area (Å²) in [6, 6.07) is 8.59. The first kappa shape index (κ1) is 12.9. The zero-order valence-electron chi connectivity index (χ0n) is 10.7. The Morgan fingerprint density at radius 1 is 1.26 bits per heavy atom. The molecule has 0 saturated carbocycles. The number of carbonyl (C=O) groups is 1. The third-order valence-electron chi connectivity index (χ3n) is 2.72. The second-order valence-electron chi connectivity index (χ2n) is 3.85. The van der Waals surface area contributed by atoms with E-state index in [0.717, 1.165) is 5.56 Å². The number of aromatic nitrogens is 1. The molecule has 2 aromatic rings. The van der Waals surface area contributed by atoms with Crippen molar-refractivity contribution in [1.29, 1.82) is 0 Å². The molecule has 5 heteroatoms. The summed E-state index contributed by atoms with van der Waals surface area (Å²) in [5.74, 6) is 0.150. The lowest BCUT2D eigenvalue weighted by Gasteiger charge is -2.09. The Labute approximate surface area is 111 Å². The molecule has 2 rings (SSSR count). The fourth-order valence-electron chi connectivity index (χ4n) is 1.79. The van der Waals surface area contributed by atoms with Gasteiger partial charge in [-0.3, -0.25) is 4.98 Å². The smallest absolute Gasteiger partial charge is 0.340 e. The first-order valence-electron chi connectivity index (χ1n) is 5.64. The number of hydrogen-bond acceptors (Lipinski definition) is 5. The minimum atomic E-state index is -0.433. The molecule has 5 nitrogen and oxygen atoms in total. The molecule has 0 aliphatic heterocycles. The summed E-state index contributed by atoms with van der Waals surface area (Å²) < 4.78 is 9.84. The fourth-order valence-corrected chi connectivity index (χ4v) is 1.79. The summed E-state index contributed by atoms with van der Waals surface area (Å²) in [5, 5.41) is 0. The lowest BCUT2D eigenvalue weighted by Crippen LogP contribution is -2.05. The third kappa shape index (κ3) is 2.49. The predicted molar refractivity (Wildman–Crippen MR) is 72.0 cm³/mol. The maximum atomic E-state index is 11.7. The van der Waals surface area contributed by atoms with Crippen LogP contribution in [0.2, 0.25) is 0 Å². The van der Waals surface area contributed by atoms with Crippen molar-refractivity contribution in [3.8, 4) is 17.0 Å². The van der Waals surface area contributed by atoms with Gasteiger partial charge in [-0.15, -0.1) is 0 Å². The zero-order chi connectivity index (χ0) is 13.8. The highest BCUT2D eigenvalue weighted by atomic mass is 16.5. The molecule has 2 N–H and O–H groups in total. The summed E-state index contributed by atoms with van der Waals surface area (Å²) in [5.41, 5.74) is 8.01. The number of ether oxygens (including phenoxy) is 2. The van der Waals surface area contributed by atoms with E-state index in [1.165, 1.54) is 7.11 Å². The number of hydrogen-bond donors (Lipinski definition) is 1. The summed E-state index contributed by atoms with van der Waals surface area (Å²) in [4.78, 5) is 15.9. The highest BCUT2D eigenvalue weighted by molar-refractivity contribution is 5.96. The third-order valence-corrected chi connectivity index (χ3v) is 2.72. The first-order valence-corrected chi connectivity index (χ1v) is 5.64. The maximum Gasteiger partial charge on any atom is 0.340 e. The van der Waals surface area contributed by atoms with Crippen LogP contribution in [0.25, 0.3) is 11.3 Å². The van der Waals surface area contributed by atoms with Crippen molar-refractivity contribution in [2.24, 2.45) is 0 Å². The molecule has 0 spiro atoms. The highest BCUT2D eigenvalue weighted by Gasteiger charge is 2.14. The standard InChI is InChI=1S/C14H14N2O3/c1-18-12-6-5-9(8-11(12)15)13-10(14(17)19-2)4-3-7-16-13/h3-8H,15H2,1-2H3. The Balaban J connectivity index is 2.53. The molecule has 1 aromatic carbocycles. The van der Waals surface area contributed by atoms with Crippen LogP contribution in [0.1, 0.15) is 10.4 Å². The van der Waals surface area contributed by atoms with Crippen molar-refractivity contribution in [3.05, 3.63) is 42.1 Å². The SMILES string of the molecule is COC(=O)c1cccnc1-c1ccc(OC)c(N)c1. The Morgan fingerprint density at radius 3 is 2.68 bits per heavy atom. The average Bonchev–Trinajstić information content (AvgIpc) is 2.46. The number of pyridine rings is 1. The molecule has 0 aliphatic carbocycles. The number of carbonyl (C=O) groups excluding carboxylic acids is 1. The van der Waals surface area contributed by atoms with Crippen LogP contribution >= 0.6 is 0 Å². The monoisotopic (exact) mass is 258 g/mol. The molecule has 98 valence electrons. The number of esters is 1. The van der Waals surface area contributed by atoms with Gasteiger partial charge >= 0.3 is 5.97 Å². The summed E-state index contributed by atoms with van der Waals surface area (Å²) in [7, 11) is 2.88. The molecular formula is C14H14N2O3. The number of anilines is 1. The van der Waals surface area contributed by atoms with E-state index in [9.17, 15) is 4.79 Å². The minimum absolute atomic E-state index is 0.398. The minimum Gasteiger partial charge on any atom is -0.495 e. The number of nitrogens with two attached hydrogens (primary N) is 1. The normalized spacial score (nSPS) is 10.0.